The molecule has 20 heavy (non-hydrogen) atoms. The van der Waals surface area contributed by atoms with Gasteiger partial charge in [-0.25, -0.2) is 4.39 Å². The van der Waals surface area contributed by atoms with Gasteiger partial charge in [0.25, 0.3) is 0 Å². The second-order valence-corrected chi connectivity index (χ2v) is 5.91. The molecule has 0 saturated heterocycles. The van der Waals surface area contributed by atoms with E-state index in [0.717, 1.165) is 15.8 Å². The number of hydrogen-bond donors (Lipinski definition) is 0. The zero-order valence-corrected chi connectivity index (χ0v) is 14.2. The predicted molar refractivity (Wildman–Crippen MR) is 84.4 cm³/mol. The highest BCUT2D eigenvalue weighted by Gasteiger charge is 2.18. The van der Waals surface area contributed by atoms with E-state index in [-0.39, 0.29) is 10.6 Å². The summed E-state index contributed by atoms with van der Waals surface area (Å²) < 4.78 is 25.1. The molecule has 0 bridgehead atoms. The second kappa shape index (κ2) is 6.59. The lowest BCUT2D eigenvalue weighted by Crippen LogP contribution is -1.99. The molecule has 2 nitrogen and oxygen atoms in total. The minimum atomic E-state index is -0.311. The molecule has 2 aromatic carbocycles. The summed E-state index contributed by atoms with van der Waals surface area (Å²) in [5, 5.41) is 0. The van der Waals surface area contributed by atoms with Gasteiger partial charge < -0.3 is 9.47 Å². The number of ether oxygens (including phenoxy) is 2. The lowest BCUT2D eigenvalue weighted by molar-refractivity contribution is 0.411. The number of methoxy groups -OCH3 is 2. The number of benzene rings is 2. The van der Waals surface area contributed by atoms with Gasteiger partial charge in [-0.1, -0.05) is 44.0 Å². The third-order valence-corrected chi connectivity index (χ3v) is 4.63. The standard InChI is InChI=1S/C15H13Br2FO2/c1-19-9-3-5-11(13(16)7-9)15(17)12-6-4-10(20-2)8-14(12)18/h3-8,15H,1-2H3. The molecule has 0 fully saturated rings. The Kier molecular flexibility index (Phi) is 5.05. The summed E-state index contributed by atoms with van der Waals surface area (Å²) in [6.45, 7) is 0. The Bertz CT molecular complexity index is 563. The monoisotopic (exact) mass is 402 g/mol. The van der Waals surface area contributed by atoms with Crippen molar-refractivity contribution in [3.05, 3.63) is 57.8 Å². The molecule has 0 saturated carbocycles. The van der Waals surface area contributed by atoms with Gasteiger partial charge in [0.05, 0.1) is 19.0 Å². The highest BCUT2D eigenvalue weighted by Crippen LogP contribution is 2.38. The molecule has 0 heterocycles. The molecule has 2 rings (SSSR count). The molecule has 0 N–H and O–H groups in total. The van der Waals surface area contributed by atoms with Crippen molar-refractivity contribution in [2.45, 2.75) is 4.83 Å². The van der Waals surface area contributed by atoms with Crippen LogP contribution in [-0.4, -0.2) is 14.2 Å². The van der Waals surface area contributed by atoms with Crippen LogP contribution in [0.4, 0.5) is 4.39 Å². The van der Waals surface area contributed by atoms with Gasteiger partial charge in [0.15, 0.2) is 0 Å². The van der Waals surface area contributed by atoms with E-state index in [2.05, 4.69) is 31.9 Å². The summed E-state index contributed by atoms with van der Waals surface area (Å²) in [4.78, 5) is -0.256. The molecule has 0 aliphatic heterocycles. The molecule has 1 atom stereocenters. The third-order valence-electron chi connectivity index (χ3n) is 2.96. The van der Waals surface area contributed by atoms with E-state index in [4.69, 9.17) is 9.47 Å². The molecule has 5 heteroatoms. The fraction of sp³-hybridized carbons (Fsp3) is 0.200. The molecular weight excluding hydrogens is 391 g/mol. The van der Waals surface area contributed by atoms with Gasteiger partial charge in [0.2, 0.25) is 0 Å². The molecule has 0 aliphatic rings. The van der Waals surface area contributed by atoms with Crippen LogP contribution in [0.3, 0.4) is 0 Å². The van der Waals surface area contributed by atoms with E-state index >= 15 is 0 Å². The number of hydrogen-bond acceptors (Lipinski definition) is 2. The van der Waals surface area contributed by atoms with Gasteiger partial charge in [0, 0.05) is 16.1 Å². The molecule has 0 aliphatic carbocycles. The normalized spacial score (nSPS) is 12.1. The minimum Gasteiger partial charge on any atom is -0.497 e. The maximum absolute atomic E-state index is 14.1. The number of halogens is 3. The summed E-state index contributed by atoms with van der Waals surface area (Å²) >= 11 is 7.02. The van der Waals surface area contributed by atoms with Gasteiger partial charge in [-0.3, -0.25) is 0 Å². The Morgan fingerprint density at radius 1 is 0.950 bits per heavy atom. The largest absolute Gasteiger partial charge is 0.497 e. The van der Waals surface area contributed by atoms with E-state index in [9.17, 15) is 4.39 Å². The summed E-state index contributed by atoms with van der Waals surface area (Å²) in [6, 6.07) is 10.4. The molecule has 0 spiro atoms. The molecular formula is C15H13Br2FO2. The molecule has 0 aromatic heterocycles. The topological polar surface area (TPSA) is 18.5 Å². The average Bonchev–Trinajstić information content (AvgIpc) is 2.46. The molecule has 0 radical (unpaired) electrons. The van der Waals surface area contributed by atoms with Crippen LogP contribution in [0.25, 0.3) is 0 Å². The van der Waals surface area contributed by atoms with E-state index in [1.165, 1.54) is 13.2 Å². The lowest BCUT2D eigenvalue weighted by atomic mass is 10.0. The van der Waals surface area contributed by atoms with Crippen molar-refractivity contribution in [2.24, 2.45) is 0 Å². The van der Waals surface area contributed by atoms with E-state index in [0.29, 0.717) is 11.3 Å². The van der Waals surface area contributed by atoms with Crippen LogP contribution in [0, 0.1) is 5.82 Å². The first-order chi connectivity index (χ1) is 9.56. The quantitative estimate of drug-likeness (QED) is 0.662. The zero-order valence-electron chi connectivity index (χ0n) is 11.0. The maximum atomic E-state index is 14.1. The van der Waals surface area contributed by atoms with Crippen molar-refractivity contribution in [2.75, 3.05) is 14.2 Å². The van der Waals surface area contributed by atoms with Crippen LogP contribution < -0.4 is 9.47 Å². The van der Waals surface area contributed by atoms with Gasteiger partial charge >= 0.3 is 0 Å². The van der Waals surface area contributed by atoms with Crippen molar-refractivity contribution >= 4 is 31.9 Å². The van der Waals surface area contributed by atoms with Crippen molar-refractivity contribution in [1.29, 1.82) is 0 Å². The molecule has 0 amide bonds. The third kappa shape index (κ3) is 3.15. The number of alkyl halides is 1. The van der Waals surface area contributed by atoms with E-state index in [1.54, 1.807) is 19.2 Å². The SMILES string of the molecule is COc1ccc(C(Br)c2ccc(OC)cc2Br)c(F)c1. The van der Waals surface area contributed by atoms with Gasteiger partial charge in [0.1, 0.15) is 17.3 Å². The first-order valence-electron chi connectivity index (χ1n) is 5.87. The highest BCUT2D eigenvalue weighted by atomic mass is 79.9. The van der Waals surface area contributed by atoms with Crippen LogP contribution in [0.5, 0.6) is 11.5 Å². The Hall–Kier alpha value is -1.07. The summed E-state index contributed by atoms with van der Waals surface area (Å²) in [7, 11) is 3.12. The Morgan fingerprint density at radius 2 is 1.50 bits per heavy atom. The van der Waals surface area contributed by atoms with Crippen LogP contribution >= 0.6 is 31.9 Å². The van der Waals surface area contributed by atoms with Gasteiger partial charge in [-0.05, 0) is 23.8 Å². The predicted octanol–water partition coefficient (Wildman–Crippen LogP) is 5.09. The van der Waals surface area contributed by atoms with Crippen LogP contribution in [0.2, 0.25) is 0 Å². The van der Waals surface area contributed by atoms with Crippen LogP contribution in [0.15, 0.2) is 40.9 Å². The fourth-order valence-corrected chi connectivity index (χ4v) is 3.51. The fourth-order valence-electron chi connectivity index (χ4n) is 1.85. The van der Waals surface area contributed by atoms with Gasteiger partial charge in [-0.2, -0.15) is 0 Å². The summed E-state index contributed by atoms with van der Waals surface area (Å²) in [5.41, 5.74) is 1.48. The van der Waals surface area contributed by atoms with Crippen LogP contribution in [0.1, 0.15) is 16.0 Å². The summed E-state index contributed by atoms with van der Waals surface area (Å²) in [5.74, 6) is 0.934. The van der Waals surface area contributed by atoms with E-state index < -0.39 is 0 Å². The second-order valence-electron chi connectivity index (χ2n) is 4.14. The van der Waals surface area contributed by atoms with Crippen molar-refractivity contribution in [1.82, 2.24) is 0 Å². The summed E-state index contributed by atoms with van der Waals surface area (Å²) in [6.07, 6.45) is 0. The molecule has 2 aromatic rings. The van der Waals surface area contributed by atoms with Gasteiger partial charge in [-0.15, -0.1) is 0 Å². The van der Waals surface area contributed by atoms with Crippen molar-refractivity contribution in [3.8, 4) is 11.5 Å². The van der Waals surface area contributed by atoms with Crippen molar-refractivity contribution in [3.63, 3.8) is 0 Å². The van der Waals surface area contributed by atoms with Crippen molar-refractivity contribution < 1.29 is 13.9 Å². The number of rotatable bonds is 4. The Balaban J connectivity index is 2.38. The first-order valence-corrected chi connectivity index (χ1v) is 7.58. The van der Waals surface area contributed by atoms with E-state index in [1.807, 2.05) is 18.2 Å². The molecule has 1 unspecified atom stereocenters. The smallest absolute Gasteiger partial charge is 0.131 e. The molecule has 106 valence electrons. The first kappa shape index (κ1) is 15.3. The highest BCUT2D eigenvalue weighted by molar-refractivity contribution is 9.11. The Morgan fingerprint density at radius 3 is 2.00 bits per heavy atom. The lowest BCUT2D eigenvalue weighted by Gasteiger charge is -2.15. The Labute approximate surface area is 134 Å². The average molecular weight is 404 g/mol. The van der Waals surface area contributed by atoms with Crippen LogP contribution in [-0.2, 0) is 0 Å². The minimum absolute atomic E-state index is 0.256. The maximum Gasteiger partial charge on any atom is 0.131 e. The zero-order chi connectivity index (χ0) is 14.7.